The molecular weight excluding hydrogens is 387 g/mol. The van der Waals surface area contributed by atoms with Gasteiger partial charge in [0.15, 0.2) is 0 Å². The number of carbonyl (C=O) groups is 1. The van der Waals surface area contributed by atoms with Crippen molar-refractivity contribution in [2.75, 3.05) is 20.1 Å². The first-order valence-corrected chi connectivity index (χ1v) is 9.16. The third-order valence-electron chi connectivity index (χ3n) is 5.06. The minimum atomic E-state index is -4.42. The van der Waals surface area contributed by atoms with Gasteiger partial charge in [-0.3, -0.25) is 14.8 Å². The quantitative estimate of drug-likeness (QED) is 0.703. The highest BCUT2D eigenvalue weighted by molar-refractivity contribution is 5.97. The Hall–Kier alpha value is -3.08. The molecule has 4 rings (SSSR count). The van der Waals surface area contributed by atoms with Gasteiger partial charge in [0, 0.05) is 37.8 Å². The van der Waals surface area contributed by atoms with Crippen LogP contribution >= 0.6 is 0 Å². The predicted molar refractivity (Wildman–Crippen MR) is 100 cm³/mol. The summed E-state index contributed by atoms with van der Waals surface area (Å²) in [5.41, 5.74) is 5.32. The van der Waals surface area contributed by atoms with Crippen LogP contribution in [0.4, 0.5) is 13.2 Å². The highest BCUT2D eigenvalue weighted by Gasteiger charge is 2.31. The lowest BCUT2D eigenvalue weighted by Crippen LogP contribution is -2.51. The molecule has 0 spiro atoms. The average Bonchev–Trinajstić information content (AvgIpc) is 3.13. The molecule has 1 saturated heterocycles. The Morgan fingerprint density at radius 3 is 2.66 bits per heavy atom. The number of rotatable bonds is 2. The van der Waals surface area contributed by atoms with Gasteiger partial charge < -0.3 is 10.2 Å². The van der Waals surface area contributed by atoms with E-state index in [1.165, 1.54) is 12.3 Å². The van der Waals surface area contributed by atoms with Crippen molar-refractivity contribution in [2.45, 2.75) is 25.1 Å². The molecule has 2 aromatic rings. The topological polar surface area (TPSA) is 84.9 Å². The molecule has 1 amide bonds. The molecule has 1 aromatic carbocycles. The van der Waals surface area contributed by atoms with Crippen LogP contribution in [0.1, 0.15) is 28.8 Å². The Balaban J connectivity index is 1.39. The molecule has 1 aromatic heterocycles. The lowest BCUT2D eigenvalue weighted by Gasteiger charge is -2.34. The summed E-state index contributed by atoms with van der Waals surface area (Å²) in [5.74, 6) is 0.517. The van der Waals surface area contributed by atoms with E-state index in [1.807, 2.05) is 7.05 Å². The molecule has 8 nitrogen and oxygen atoms in total. The molecule has 0 saturated carbocycles. The number of pyridine rings is 1. The number of halogens is 3. The zero-order valence-corrected chi connectivity index (χ0v) is 15.6. The Labute approximate surface area is 164 Å². The minimum Gasteiger partial charge on any atom is -0.349 e. The summed E-state index contributed by atoms with van der Waals surface area (Å²) in [7, 11) is 1.86. The van der Waals surface area contributed by atoms with Gasteiger partial charge in [-0.25, -0.2) is 5.53 Å². The number of piperidine rings is 1. The van der Waals surface area contributed by atoms with Crippen LogP contribution in [0.5, 0.6) is 0 Å². The standard InChI is InChI=1S/C18H20F3N7O/c1-27-17(24-25-26-27)28-6-4-14(5-7-28)23-16(29)12-8-11-2-3-13(18(19,20)21)9-15(11)22-10-12/h2-3,8-10,14,25-26H,4-7H2,1H3,(H,23,29). The van der Waals surface area contributed by atoms with Crippen molar-refractivity contribution in [1.29, 1.82) is 0 Å². The maximum atomic E-state index is 12.8. The van der Waals surface area contributed by atoms with E-state index in [4.69, 9.17) is 0 Å². The summed E-state index contributed by atoms with van der Waals surface area (Å²) >= 11 is 0. The van der Waals surface area contributed by atoms with Crippen LogP contribution in [0.25, 0.3) is 10.9 Å². The van der Waals surface area contributed by atoms with Gasteiger partial charge in [0.1, 0.15) is 0 Å². The molecule has 154 valence electrons. The number of amides is 1. The molecule has 29 heavy (non-hydrogen) atoms. The molecule has 3 heterocycles. The van der Waals surface area contributed by atoms with E-state index in [9.17, 15) is 18.0 Å². The summed E-state index contributed by atoms with van der Waals surface area (Å²) in [5, 5.41) is 9.42. The lowest BCUT2D eigenvalue weighted by molar-refractivity contribution is -0.137. The Kier molecular flexibility index (Phi) is 4.91. The Bertz CT molecular complexity index is 954. The molecule has 11 heteroatoms. The monoisotopic (exact) mass is 407 g/mol. The van der Waals surface area contributed by atoms with Crippen LogP contribution in [-0.4, -0.2) is 52.9 Å². The number of aromatic nitrogens is 1. The number of hydrazone groups is 1. The van der Waals surface area contributed by atoms with Crippen molar-refractivity contribution < 1.29 is 18.0 Å². The van der Waals surface area contributed by atoms with E-state index >= 15 is 0 Å². The SMILES string of the molecule is CN1NNN=C1N1CCC(NC(=O)c2cnc3cc(C(F)(F)F)ccc3c2)CC1. The summed E-state index contributed by atoms with van der Waals surface area (Å²) in [6.07, 6.45) is -1.60. The van der Waals surface area contributed by atoms with Gasteiger partial charge in [0.25, 0.3) is 5.91 Å². The van der Waals surface area contributed by atoms with E-state index in [0.29, 0.717) is 10.9 Å². The van der Waals surface area contributed by atoms with E-state index in [1.54, 1.807) is 11.1 Å². The molecule has 1 fully saturated rings. The fourth-order valence-corrected chi connectivity index (χ4v) is 3.47. The third kappa shape index (κ3) is 4.04. The zero-order chi connectivity index (χ0) is 20.6. The normalized spacial score (nSPS) is 18.0. The van der Waals surface area contributed by atoms with Gasteiger partial charge >= 0.3 is 6.18 Å². The molecule has 0 atom stereocenters. The number of guanidine groups is 1. The minimum absolute atomic E-state index is 0.00952. The Morgan fingerprint density at radius 1 is 1.24 bits per heavy atom. The molecule has 3 N–H and O–H groups in total. The largest absolute Gasteiger partial charge is 0.416 e. The maximum absolute atomic E-state index is 12.8. The second-order valence-electron chi connectivity index (χ2n) is 7.06. The number of hydrazine groups is 2. The van der Waals surface area contributed by atoms with Crippen LogP contribution in [0.15, 0.2) is 35.6 Å². The van der Waals surface area contributed by atoms with Gasteiger partial charge in [-0.2, -0.15) is 13.2 Å². The lowest BCUT2D eigenvalue weighted by atomic mass is 10.0. The smallest absolute Gasteiger partial charge is 0.349 e. The summed E-state index contributed by atoms with van der Waals surface area (Å²) in [4.78, 5) is 18.7. The van der Waals surface area contributed by atoms with Crippen LogP contribution in [-0.2, 0) is 6.18 Å². The second-order valence-corrected chi connectivity index (χ2v) is 7.06. The van der Waals surface area contributed by atoms with Crippen molar-refractivity contribution in [3.8, 4) is 0 Å². The number of nitrogens with one attached hydrogen (secondary N) is 3. The molecule has 2 aliphatic heterocycles. The van der Waals surface area contributed by atoms with E-state index in [-0.39, 0.29) is 17.5 Å². The number of hydrogen-bond donors (Lipinski definition) is 3. The first-order chi connectivity index (χ1) is 13.8. The second kappa shape index (κ2) is 7.39. The highest BCUT2D eigenvalue weighted by Crippen LogP contribution is 2.31. The molecule has 0 aliphatic carbocycles. The number of likely N-dealkylation sites (tertiary alicyclic amines) is 1. The number of benzene rings is 1. The van der Waals surface area contributed by atoms with Crippen LogP contribution in [0.2, 0.25) is 0 Å². The van der Waals surface area contributed by atoms with Crippen LogP contribution < -0.4 is 16.4 Å². The van der Waals surface area contributed by atoms with Gasteiger partial charge in [-0.05, 0) is 31.0 Å². The number of fused-ring (bicyclic) bond motifs is 1. The molecule has 0 unspecified atom stereocenters. The van der Waals surface area contributed by atoms with Crippen molar-refractivity contribution in [1.82, 2.24) is 31.3 Å². The summed E-state index contributed by atoms with van der Waals surface area (Å²) in [6.45, 7) is 1.49. The average molecular weight is 407 g/mol. The van der Waals surface area contributed by atoms with Crippen molar-refractivity contribution in [2.24, 2.45) is 5.10 Å². The number of hydrogen-bond acceptors (Lipinski definition) is 7. The summed E-state index contributed by atoms with van der Waals surface area (Å²) in [6, 6.07) is 4.89. The third-order valence-corrected chi connectivity index (χ3v) is 5.06. The van der Waals surface area contributed by atoms with Crippen molar-refractivity contribution in [3.05, 3.63) is 41.6 Å². The predicted octanol–water partition coefficient (Wildman–Crippen LogP) is 1.67. The fourth-order valence-electron chi connectivity index (χ4n) is 3.47. The summed E-state index contributed by atoms with van der Waals surface area (Å²) < 4.78 is 38.5. The molecular formula is C18H20F3N7O. The van der Waals surface area contributed by atoms with Gasteiger partial charge in [0.2, 0.25) is 5.96 Å². The number of nitrogens with zero attached hydrogens (tertiary/aromatic N) is 4. The van der Waals surface area contributed by atoms with Crippen molar-refractivity contribution in [3.63, 3.8) is 0 Å². The maximum Gasteiger partial charge on any atom is 0.416 e. The van der Waals surface area contributed by atoms with E-state index in [2.05, 4.69) is 31.4 Å². The zero-order valence-electron chi connectivity index (χ0n) is 15.6. The van der Waals surface area contributed by atoms with Crippen molar-refractivity contribution >= 4 is 22.8 Å². The van der Waals surface area contributed by atoms with E-state index in [0.717, 1.165) is 44.0 Å². The van der Waals surface area contributed by atoms with Gasteiger partial charge in [-0.15, -0.1) is 10.6 Å². The van der Waals surface area contributed by atoms with Crippen LogP contribution in [0.3, 0.4) is 0 Å². The van der Waals surface area contributed by atoms with Gasteiger partial charge in [0.05, 0.1) is 16.6 Å². The first kappa shape index (κ1) is 19.2. The molecule has 0 radical (unpaired) electrons. The van der Waals surface area contributed by atoms with Gasteiger partial charge in [-0.1, -0.05) is 6.07 Å². The number of alkyl halides is 3. The van der Waals surface area contributed by atoms with Crippen LogP contribution in [0, 0.1) is 0 Å². The molecule has 2 aliphatic rings. The fraction of sp³-hybridized carbons (Fsp3) is 0.389. The highest BCUT2D eigenvalue weighted by atomic mass is 19.4. The first-order valence-electron chi connectivity index (χ1n) is 9.16. The Morgan fingerprint density at radius 2 is 2.00 bits per heavy atom. The van der Waals surface area contributed by atoms with E-state index < -0.39 is 11.7 Å². The molecule has 0 bridgehead atoms. The number of carbonyl (C=O) groups excluding carboxylic acids is 1.